The van der Waals surface area contributed by atoms with E-state index in [2.05, 4.69) is 17.2 Å². The van der Waals surface area contributed by atoms with E-state index >= 15 is 0 Å². The number of nitrogens with one attached hydrogen (secondary N) is 1. The van der Waals surface area contributed by atoms with Crippen molar-refractivity contribution in [3.63, 3.8) is 0 Å². The molecule has 6 heteroatoms. The number of piperidine rings is 1. The van der Waals surface area contributed by atoms with Crippen LogP contribution in [0.2, 0.25) is 0 Å². The maximum atomic E-state index is 12.9. The van der Waals surface area contributed by atoms with Gasteiger partial charge < -0.3 is 10.2 Å². The zero-order valence-corrected chi connectivity index (χ0v) is 14.0. The van der Waals surface area contributed by atoms with Gasteiger partial charge in [0.25, 0.3) is 11.8 Å². The molecule has 0 unspecified atom stereocenters. The van der Waals surface area contributed by atoms with Crippen molar-refractivity contribution in [3.05, 3.63) is 59.7 Å². The van der Waals surface area contributed by atoms with E-state index in [1.54, 1.807) is 11.0 Å². The summed E-state index contributed by atoms with van der Waals surface area (Å²) in [6.45, 7) is 3.61. The molecule has 1 N–H and O–H groups in total. The van der Waals surface area contributed by atoms with Gasteiger partial charge in [0.15, 0.2) is 0 Å². The van der Waals surface area contributed by atoms with Crippen molar-refractivity contribution in [1.29, 1.82) is 0 Å². The Morgan fingerprint density at radius 2 is 1.84 bits per heavy atom. The van der Waals surface area contributed by atoms with E-state index in [-0.39, 0.29) is 23.3 Å². The molecule has 1 fully saturated rings. The van der Waals surface area contributed by atoms with Gasteiger partial charge in [-0.25, -0.2) is 4.39 Å². The second-order valence-corrected chi connectivity index (χ2v) is 6.37. The Bertz CT molecular complexity index is 768. The highest BCUT2D eigenvalue weighted by Crippen LogP contribution is 2.18. The number of likely N-dealkylation sites (tertiary alicyclic amines) is 1. The quantitative estimate of drug-likeness (QED) is 0.931. The van der Waals surface area contributed by atoms with Gasteiger partial charge in [0.1, 0.15) is 11.5 Å². The van der Waals surface area contributed by atoms with Gasteiger partial charge in [-0.3, -0.25) is 14.6 Å². The molecular weight excluding hydrogens is 321 g/mol. The molecule has 0 radical (unpaired) electrons. The van der Waals surface area contributed by atoms with Crippen LogP contribution in [0.3, 0.4) is 0 Å². The Kier molecular flexibility index (Phi) is 5.07. The summed E-state index contributed by atoms with van der Waals surface area (Å²) in [6.07, 6.45) is 3.42. The monoisotopic (exact) mass is 341 g/mol. The van der Waals surface area contributed by atoms with E-state index in [1.807, 2.05) is 0 Å². The molecule has 1 saturated heterocycles. The number of carbonyl (C=O) groups is 2. The molecule has 0 bridgehead atoms. The first-order valence-electron chi connectivity index (χ1n) is 8.35. The minimum absolute atomic E-state index is 0.150. The minimum atomic E-state index is -0.370. The first kappa shape index (κ1) is 17.1. The lowest BCUT2D eigenvalue weighted by Crippen LogP contribution is -2.38. The van der Waals surface area contributed by atoms with Crippen LogP contribution in [0.25, 0.3) is 0 Å². The minimum Gasteiger partial charge on any atom is -0.337 e. The number of halogens is 1. The molecule has 130 valence electrons. The summed E-state index contributed by atoms with van der Waals surface area (Å²) in [4.78, 5) is 30.8. The SMILES string of the molecule is CC1CCN(C(=O)c2cc(C(=O)Nc3ccc(F)cc3)ccn2)CC1. The lowest BCUT2D eigenvalue weighted by Gasteiger charge is -2.30. The van der Waals surface area contributed by atoms with E-state index in [1.165, 1.54) is 36.5 Å². The summed E-state index contributed by atoms with van der Waals surface area (Å²) in [5, 5.41) is 2.68. The Hall–Kier alpha value is -2.76. The van der Waals surface area contributed by atoms with E-state index in [0.29, 0.717) is 30.3 Å². The molecule has 1 aliphatic heterocycles. The summed E-state index contributed by atoms with van der Waals surface area (Å²) >= 11 is 0. The molecule has 0 aliphatic carbocycles. The largest absolute Gasteiger partial charge is 0.337 e. The Labute approximate surface area is 145 Å². The van der Waals surface area contributed by atoms with Crippen LogP contribution in [0.15, 0.2) is 42.6 Å². The molecule has 2 amide bonds. The zero-order chi connectivity index (χ0) is 17.8. The smallest absolute Gasteiger partial charge is 0.272 e. The fraction of sp³-hybridized carbons (Fsp3) is 0.316. The van der Waals surface area contributed by atoms with Crippen molar-refractivity contribution in [2.75, 3.05) is 18.4 Å². The molecule has 2 aromatic rings. The van der Waals surface area contributed by atoms with Gasteiger partial charge in [-0.1, -0.05) is 6.92 Å². The summed E-state index contributed by atoms with van der Waals surface area (Å²) in [6, 6.07) is 8.56. The van der Waals surface area contributed by atoms with Crippen LogP contribution in [0, 0.1) is 11.7 Å². The standard InChI is InChI=1S/C19H20FN3O2/c1-13-7-10-23(11-8-13)19(25)17-12-14(6-9-21-17)18(24)22-16-4-2-15(20)3-5-16/h2-6,9,12-13H,7-8,10-11H2,1H3,(H,22,24). The second-order valence-electron chi connectivity index (χ2n) is 6.37. The summed E-state index contributed by atoms with van der Waals surface area (Å²) in [5.41, 5.74) is 1.09. The topological polar surface area (TPSA) is 62.3 Å². The summed E-state index contributed by atoms with van der Waals surface area (Å²) in [7, 11) is 0. The van der Waals surface area contributed by atoms with Crippen molar-refractivity contribution < 1.29 is 14.0 Å². The van der Waals surface area contributed by atoms with Gasteiger partial charge in [0, 0.05) is 30.5 Å². The van der Waals surface area contributed by atoms with Crippen molar-refractivity contribution in [1.82, 2.24) is 9.88 Å². The second kappa shape index (κ2) is 7.42. The van der Waals surface area contributed by atoms with Crippen molar-refractivity contribution >= 4 is 17.5 Å². The highest BCUT2D eigenvalue weighted by molar-refractivity contribution is 6.05. The number of aromatic nitrogens is 1. The number of rotatable bonds is 3. The summed E-state index contributed by atoms with van der Waals surface area (Å²) < 4.78 is 12.9. The van der Waals surface area contributed by atoms with E-state index in [0.717, 1.165) is 12.8 Å². The molecule has 0 atom stereocenters. The Morgan fingerprint density at radius 3 is 2.52 bits per heavy atom. The van der Waals surface area contributed by atoms with Crippen LogP contribution in [0.4, 0.5) is 10.1 Å². The predicted octanol–water partition coefficient (Wildman–Crippen LogP) is 3.35. The van der Waals surface area contributed by atoms with Crippen molar-refractivity contribution in [2.24, 2.45) is 5.92 Å². The van der Waals surface area contributed by atoms with E-state index in [9.17, 15) is 14.0 Å². The maximum Gasteiger partial charge on any atom is 0.272 e. The molecule has 3 rings (SSSR count). The first-order chi connectivity index (χ1) is 12.0. The van der Waals surface area contributed by atoms with Crippen LogP contribution in [0.5, 0.6) is 0 Å². The number of hydrogen-bond acceptors (Lipinski definition) is 3. The third-order valence-electron chi connectivity index (χ3n) is 4.41. The fourth-order valence-corrected chi connectivity index (χ4v) is 2.80. The summed E-state index contributed by atoms with van der Waals surface area (Å²) in [5.74, 6) is -0.255. The molecule has 0 saturated carbocycles. The fourth-order valence-electron chi connectivity index (χ4n) is 2.80. The van der Waals surface area contributed by atoms with E-state index < -0.39 is 0 Å². The molecule has 0 spiro atoms. The number of anilines is 1. The van der Waals surface area contributed by atoms with Crippen LogP contribution in [-0.4, -0.2) is 34.8 Å². The molecule has 5 nitrogen and oxygen atoms in total. The van der Waals surface area contributed by atoms with Crippen LogP contribution in [0.1, 0.15) is 40.6 Å². The highest BCUT2D eigenvalue weighted by Gasteiger charge is 2.23. The molecular formula is C19H20FN3O2. The number of hydrogen-bond donors (Lipinski definition) is 1. The number of pyridine rings is 1. The van der Waals surface area contributed by atoms with Crippen LogP contribution in [-0.2, 0) is 0 Å². The van der Waals surface area contributed by atoms with Gasteiger partial charge in [-0.2, -0.15) is 0 Å². The maximum absolute atomic E-state index is 12.9. The molecule has 1 aliphatic rings. The third kappa shape index (κ3) is 4.21. The number of nitrogens with zero attached hydrogens (tertiary/aromatic N) is 2. The molecule has 1 aromatic carbocycles. The highest BCUT2D eigenvalue weighted by atomic mass is 19.1. The van der Waals surface area contributed by atoms with Gasteiger partial charge in [0.05, 0.1) is 0 Å². The molecule has 25 heavy (non-hydrogen) atoms. The molecule has 1 aromatic heterocycles. The van der Waals surface area contributed by atoms with Gasteiger partial charge >= 0.3 is 0 Å². The number of amides is 2. The van der Waals surface area contributed by atoms with Crippen molar-refractivity contribution in [3.8, 4) is 0 Å². The van der Waals surface area contributed by atoms with Crippen LogP contribution < -0.4 is 5.32 Å². The number of benzene rings is 1. The van der Waals surface area contributed by atoms with Gasteiger partial charge in [0.2, 0.25) is 0 Å². The zero-order valence-electron chi connectivity index (χ0n) is 14.0. The Balaban J connectivity index is 1.71. The third-order valence-corrected chi connectivity index (χ3v) is 4.41. The predicted molar refractivity (Wildman–Crippen MR) is 92.9 cm³/mol. The molecule has 2 heterocycles. The number of carbonyl (C=O) groups excluding carboxylic acids is 2. The normalized spacial score (nSPS) is 15.0. The first-order valence-corrected chi connectivity index (χ1v) is 8.35. The van der Waals surface area contributed by atoms with Gasteiger partial charge in [-0.15, -0.1) is 0 Å². The van der Waals surface area contributed by atoms with Crippen molar-refractivity contribution in [2.45, 2.75) is 19.8 Å². The average Bonchev–Trinajstić information content (AvgIpc) is 2.64. The van der Waals surface area contributed by atoms with Crippen LogP contribution >= 0.6 is 0 Å². The van der Waals surface area contributed by atoms with Gasteiger partial charge in [-0.05, 0) is 55.2 Å². The lowest BCUT2D eigenvalue weighted by molar-refractivity contribution is 0.0691. The van der Waals surface area contributed by atoms with E-state index in [4.69, 9.17) is 0 Å². The Morgan fingerprint density at radius 1 is 1.16 bits per heavy atom. The average molecular weight is 341 g/mol. The lowest BCUT2D eigenvalue weighted by atomic mass is 9.99.